The molecule has 0 aliphatic rings. The standard InChI is InChI=1S/C25H48N2O4/c1-4-5-6-13-17-22(28)18-14-11-9-7-8-10-12-15-20-24(29)26-21-16-19-23(25(30)31)27(2)3/h11,14,22-23,28H,4-10,12-13,15-21H2,1-3H3,(H,26,29)(H,30,31)/b14-11-/t22-,23?/m1/s1. The van der Waals surface area contributed by atoms with Gasteiger partial charge in [-0.25, -0.2) is 0 Å². The molecule has 2 atom stereocenters. The maximum Gasteiger partial charge on any atom is 0.320 e. The van der Waals surface area contributed by atoms with Crippen LogP contribution in [-0.2, 0) is 9.59 Å². The van der Waals surface area contributed by atoms with Crippen LogP contribution in [0.1, 0.15) is 103 Å². The summed E-state index contributed by atoms with van der Waals surface area (Å²) >= 11 is 0. The number of aliphatic hydroxyl groups excluding tert-OH is 1. The van der Waals surface area contributed by atoms with Crippen molar-refractivity contribution in [2.75, 3.05) is 20.6 Å². The number of rotatable bonds is 21. The van der Waals surface area contributed by atoms with E-state index in [1.165, 1.54) is 25.7 Å². The number of amides is 1. The second-order valence-electron chi connectivity index (χ2n) is 8.83. The van der Waals surface area contributed by atoms with Gasteiger partial charge in [-0.15, -0.1) is 0 Å². The lowest BCUT2D eigenvalue weighted by molar-refractivity contribution is -0.142. The molecule has 6 nitrogen and oxygen atoms in total. The summed E-state index contributed by atoms with van der Waals surface area (Å²) in [7, 11) is 3.52. The zero-order chi connectivity index (χ0) is 23.3. The molecule has 0 rings (SSSR count). The zero-order valence-electron chi connectivity index (χ0n) is 20.3. The predicted octanol–water partition coefficient (Wildman–Crippen LogP) is 4.91. The summed E-state index contributed by atoms with van der Waals surface area (Å²) < 4.78 is 0. The van der Waals surface area contributed by atoms with Crippen LogP contribution in [-0.4, -0.2) is 59.8 Å². The zero-order valence-corrected chi connectivity index (χ0v) is 20.3. The highest BCUT2D eigenvalue weighted by molar-refractivity contribution is 5.75. The minimum atomic E-state index is -0.817. The van der Waals surface area contributed by atoms with Gasteiger partial charge in [0.1, 0.15) is 6.04 Å². The van der Waals surface area contributed by atoms with Gasteiger partial charge in [0.05, 0.1) is 6.10 Å². The molecule has 0 aliphatic carbocycles. The van der Waals surface area contributed by atoms with E-state index in [0.717, 1.165) is 51.4 Å². The second-order valence-corrected chi connectivity index (χ2v) is 8.83. The van der Waals surface area contributed by atoms with Crippen LogP contribution in [0.5, 0.6) is 0 Å². The number of carboxylic acid groups (broad SMARTS) is 1. The molecule has 0 bridgehead atoms. The fourth-order valence-corrected chi connectivity index (χ4v) is 3.59. The van der Waals surface area contributed by atoms with E-state index in [9.17, 15) is 14.7 Å². The Bertz CT molecular complexity index is 480. The van der Waals surface area contributed by atoms with E-state index in [1.54, 1.807) is 19.0 Å². The highest BCUT2D eigenvalue weighted by Crippen LogP contribution is 2.10. The first-order valence-corrected chi connectivity index (χ1v) is 12.4. The summed E-state index contributed by atoms with van der Waals surface area (Å²) in [4.78, 5) is 24.6. The van der Waals surface area contributed by atoms with E-state index >= 15 is 0 Å². The molecule has 0 fully saturated rings. The van der Waals surface area contributed by atoms with Gasteiger partial charge in [-0.2, -0.15) is 0 Å². The minimum absolute atomic E-state index is 0.0629. The monoisotopic (exact) mass is 440 g/mol. The van der Waals surface area contributed by atoms with Crippen molar-refractivity contribution in [2.24, 2.45) is 0 Å². The molecule has 0 aliphatic heterocycles. The van der Waals surface area contributed by atoms with Crippen LogP contribution in [0, 0.1) is 0 Å². The van der Waals surface area contributed by atoms with Crippen molar-refractivity contribution >= 4 is 11.9 Å². The number of carboxylic acids is 1. The van der Waals surface area contributed by atoms with E-state index in [1.807, 2.05) is 0 Å². The number of hydrogen-bond acceptors (Lipinski definition) is 4. The quantitative estimate of drug-likeness (QED) is 0.174. The third-order valence-corrected chi connectivity index (χ3v) is 5.63. The number of carbonyl (C=O) groups is 2. The van der Waals surface area contributed by atoms with E-state index in [2.05, 4.69) is 24.4 Å². The fraction of sp³-hybridized carbons (Fsp3) is 0.840. The van der Waals surface area contributed by atoms with Crippen molar-refractivity contribution in [2.45, 2.75) is 115 Å². The van der Waals surface area contributed by atoms with Crippen molar-refractivity contribution < 1.29 is 19.8 Å². The molecule has 0 saturated heterocycles. The molecule has 0 saturated carbocycles. The van der Waals surface area contributed by atoms with Crippen molar-refractivity contribution in [3.8, 4) is 0 Å². The van der Waals surface area contributed by atoms with Crippen molar-refractivity contribution in [1.29, 1.82) is 0 Å². The SMILES string of the molecule is CCCCCC[C@@H](O)C/C=C\CCCCCCCC(=O)NCCCC(C(=O)O)N(C)C. The summed E-state index contributed by atoms with van der Waals surface area (Å²) in [5, 5.41) is 21.9. The Hall–Kier alpha value is -1.40. The van der Waals surface area contributed by atoms with Crippen LogP contribution < -0.4 is 5.32 Å². The summed E-state index contributed by atoms with van der Waals surface area (Å²) in [6, 6.07) is -0.493. The molecule has 0 aromatic rings. The Morgan fingerprint density at radius 1 is 0.903 bits per heavy atom. The highest BCUT2D eigenvalue weighted by atomic mass is 16.4. The molecule has 31 heavy (non-hydrogen) atoms. The van der Waals surface area contributed by atoms with Crippen molar-refractivity contribution in [3.05, 3.63) is 12.2 Å². The summed E-state index contributed by atoms with van der Waals surface area (Å²) in [5.41, 5.74) is 0. The normalized spacial score (nSPS) is 13.6. The Morgan fingerprint density at radius 3 is 2.26 bits per heavy atom. The molecule has 3 N–H and O–H groups in total. The van der Waals surface area contributed by atoms with Gasteiger partial charge in [0, 0.05) is 13.0 Å². The van der Waals surface area contributed by atoms with Gasteiger partial charge in [0.25, 0.3) is 0 Å². The Morgan fingerprint density at radius 2 is 1.58 bits per heavy atom. The van der Waals surface area contributed by atoms with Gasteiger partial charge in [-0.05, 0) is 59.0 Å². The first kappa shape index (κ1) is 29.6. The Labute approximate surface area is 190 Å². The number of carbonyl (C=O) groups excluding carboxylic acids is 1. The Balaban J connectivity index is 3.50. The van der Waals surface area contributed by atoms with Crippen LogP contribution in [0.2, 0.25) is 0 Å². The topological polar surface area (TPSA) is 89.9 Å². The predicted molar refractivity (Wildman–Crippen MR) is 128 cm³/mol. The van der Waals surface area contributed by atoms with Crippen LogP contribution in [0.3, 0.4) is 0 Å². The highest BCUT2D eigenvalue weighted by Gasteiger charge is 2.18. The number of allylic oxidation sites excluding steroid dienone is 1. The average Bonchev–Trinajstić information content (AvgIpc) is 2.71. The van der Waals surface area contributed by atoms with Crippen LogP contribution in [0.4, 0.5) is 0 Å². The number of likely N-dealkylation sites (N-methyl/N-ethyl adjacent to an activating group) is 1. The third-order valence-electron chi connectivity index (χ3n) is 5.63. The minimum Gasteiger partial charge on any atom is -0.480 e. The molecule has 0 aromatic carbocycles. The molecule has 182 valence electrons. The smallest absolute Gasteiger partial charge is 0.320 e. The van der Waals surface area contributed by atoms with E-state index in [-0.39, 0.29) is 12.0 Å². The number of hydrogen-bond donors (Lipinski definition) is 3. The molecule has 0 spiro atoms. The molecule has 0 radical (unpaired) electrons. The molecule has 1 unspecified atom stereocenters. The Kier molecular flexibility index (Phi) is 19.6. The van der Waals surface area contributed by atoms with Gasteiger partial charge in [-0.1, -0.05) is 64.0 Å². The van der Waals surface area contributed by atoms with Gasteiger partial charge in [0.15, 0.2) is 0 Å². The lowest BCUT2D eigenvalue weighted by Gasteiger charge is -2.19. The second kappa shape index (κ2) is 20.5. The van der Waals surface area contributed by atoms with Crippen molar-refractivity contribution in [3.63, 3.8) is 0 Å². The van der Waals surface area contributed by atoms with E-state index in [0.29, 0.717) is 25.8 Å². The molecule has 0 heterocycles. The van der Waals surface area contributed by atoms with E-state index in [4.69, 9.17) is 5.11 Å². The van der Waals surface area contributed by atoms with Gasteiger partial charge in [0.2, 0.25) is 5.91 Å². The summed E-state index contributed by atoms with van der Waals surface area (Å²) in [6.45, 7) is 2.74. The molecule has 6 heteroatoms. The van der Waals surface area contributed by atoms with Crippen molar-refractivity contribution in [1.82, 2.24) is 10.2 Å². The maximum absolute atomic E-state index is 11.8. The number of unbranched alkanes of at least 4 members (excludes halogenated alkanes) is 8. The van der Waals surface area contributed by atoms with Crippen LogP contribution in [0.15, 0.2) is 12.2 Å². The number of nitrogens with zero attached hydrogens (tertiary/aromatic N) is 1. The van der Waals surface area contributed by atoms with Gasteiger partial charge in [-0.3, -0.25) is 14.5 Å². The van der Waals surface area contributed by atoms with E-state index < -0.39 is 12.0 Å². The number of aliphatic hydroxyl groups is 1. The maximum atomic E-state index is 11.8. The molecule has 1 amide bonds. The van der Waals surface area contributed by atoms with Gasteiger partial charge < -0.3 is 15.5 Å². The molecule has 0 aromatic heterocycles. The largest absolute Gasteiger partial charge is 0.480 e. The van der Waals surface area contributed by atoms with Gasteiger partial charge >= 0.3 is 5.97 Å². The number of aliphatic carboxylic acids is 1. The lowest BCUT2D eigenvalue weighted by Crippen LogP contribution is -2.36. The summed E-state index contributed by atoms with van der Waals surface area (Å²) in [6.07, 6.45) is 18.9. The van der Waals surface area contributed by atoms with Crippen LogP contribution >= 0.6 is 0 Å². The fourth-order valence-electron chi connectivity index (χ4n) is 3.59. The van der Waals surface area contributed by atoms with Crippen LogP contribution in [0.25, 0.3) is 0 Å². The average molecular weight is 441 g/mol. The first-order chi connectivity index (χ1) is 14.9. The summed E-state index contributed by atoms with van der Waals surface area (Å²) in [5.74, 6) is -0.755. The third kappa shape index (κ3) is 19.0. The number of nitrogens with one attached hydrogen (secondary N) is 1. The first-order valence-electron chi connectivity index (χ1n) is 12.4. The lowest BCUT2D eigenvalue weighted by atomic mass is 10.1. The molecular formula is C25H48N2O4. The molecular weight excluding hydrogens is 392 g/mol.